The van der Waals surface area contributed by atoms with Gasteiger partial charge in [-0.3, -0.25) is 4.98 Å². The Hall–Kier alpha value is -3.29. The Labute approximate surface area is 246 Å². The van der Waals surface area contributed by atoms with Gasteiger partial charge in [-0.25, -0.2) is 8.78 Å². The van der Waals surface area contributed by atoms with Gasteiger partial charge in [0.1, 0.15) is 12.5 Å². The molecule has 0 spiro atoms. The maximum atomic E-state index is 14.0. The molecule has 1 unspecified atom stereocenters. The van der Waals surface area contributed by atoms with Gasteiger partial charge in [0, 0.05) is 24.4 Å². The zero-order valence-electron chi connectivity index (χ0n) is 23.0. The molecule has 1 atom stereocenters. The summed E-state index contributed by atoms with van der Waals surface area (Å²) in [7, 11) is 0. The predicted molar refractivity (Wildman–Crippen MR) is 163 cm³/mol. The summed E-state index contributed by atoms with van der Waals surface area (Å²) in [5.41, 5.74) is 7.89. The first kappa shape index (κ1) is 37.7. The highest BCUT2D eigenvalue weighted by Crippen LogP contribution is 2.36. The van der Waals surface area contributed by atoms with Gasteiger partial charge in [0.05, 0.1) is 10.6 Å². The Morgan fingerprint density at radius 1 is 1.17 bits per heavy atom. The molecule has 0 saturated carbocycles. The molecule has 0 fully saturated rings. The number of pyridine rings is 1. The molecule has 2 aromatic rings. The van der Waals surface area contributed by atoms with Crippen LogP contribution < -0.4 is 5.73 Å². The monoisotopic (exact) mass is 594 g/mol. The minimum atomic E-state index is -4.62. The zero-order valence-corrected chi connectivity index (χ0v) is 23.7. The Balaban J connectivity index is 0.000000972. The number of hydrogen-bond donors (Lipinski definition) is 1. The lowest BCUT2D eigenvalue weighted by atomic mass is 9.87. The van der Waals surface area contributed by atoms with Crippen molar-refractivity contribution >= 4 is 11.6 Å². The number of benzene rings is 1. The summed E-state index contributed by atoms with van der Waals surface area (Å²) >= 11 is 5.88. The van der Waals surface area contributed by atoms with Crippen molar-refractivity contribution in [3.8, 4) is 0 Å². The molecular formula is C33H40ClF5N2. The van der Waals surface area contributed by atoms with Crippen molar-refractivity contribution in [1.29, 1.82) is 0 Å². The number of rotatable bonds is 8. The third kappa shape index (κ3) is 14.3. The highest BCUT2D eigenvalue weighted by Gasteiger charge is 2.32. The zero-order chi connectivity index (χ0) is 30.1. The van der Waals surface area contributed by atoms with E-state index in [0.29, 0.717) is 29.7 Å². The number of allylic oxidation sites excluding steroid dienone is 9. The highest BCUT2D eigenvalue weighted by molar-refractivity contribution is 6.30. The van der Waals surface area contributed by atoms with E-state index >= 15 is 0 Å². The van der Waals surface area contributed by atoms with Crippen molar-refractivity contribution in [3.05, 3.63) is 136 Å². The molecule has 0 amide bonds. The van der Waals surface area contributed by atoms with E-state index in [1.165, 1.54) is 12.3 Å². The minimum Gasteiger partial charge on any atom is -0.326 e. The molecule has 41 heavy (non-hydrogen) atoms. The van der Waals surface area contributed by atoms with Gasteiger partial charge in [-0.15, -0.1) is 0 Å². The summed E-state index contributed by atoms with van der Waals surface area (Å²) in [6.07, 6.45) is 12.5. The third-order valence-corrected chi connectivity index (χ3v) is 5.58. The smallest absolute Gasteiger partial charge is 0.326 e. The summed E-state index contributed by atoms with van der Waals surface area (Å²) < 4.78 is 65.1. The van der Waals surface area contributed by atoms with Gasteiger partial charge in [0.15, 0.2) is 0 Å². The molecule has 2 nitrogen and oxygen atoms in total. The third-order valence-electron chi connectivity index (χ3n) is 5.36. The average Bonchev–Trinajstić information content (AvgIpc) is 3.19. The van der Waals surface area contributed by atoms with Crippen molar-refractivity contribution < 1.29 is 22.0 Å². The SMILES string of the molecule is C.C=C(C)/C=C(\C=C/CF)CN.CC.Fc1cc(C(CC2=CCC=CC=C2)c2ccc(Cl)cn2)cc(C(F)(F)F)c1. The lowest BCUT2D eigenvalue weighted by Gasteiger charge is -2.20. The van der Waals surface area contributed by atoms with Crippen LogP contribution in [0, 0.1) is 5.82 Å². The molecule has 1 aliphatic carbocycles. The maximum Gasteiger partial charge on any atom is 0.416 e. The molecule has 1 aromatic heterocycles. The van der Waals surface area contributed by atoms with E-state index < -0.39 is 30.1 Å². The predicted octanol–water partition coefficient (Wildman–Crippen LogP) is 10.5. The van der Waals surface area contributed by atoms with Crippen molar-refractivity contribution in [2.24, 2.45) is 5.73 Å². The fourth-order valence-electron chi connectivity index (χ4n) is 3.66. The molecule has 1 aliphatic rings. The molecule has 1 heterocycles. The molecule has 0 aliphatic heterocycles. The topological polar surface area (TPSA) is 38.9 Å². The number of aromatic nitrogens is 1. The van der Waals surface area contributed by atoms with Gasteiger partial charge in [-0.1, -0.05) is 99.2 Å². The van der Waals surface area contributed by atoms with Crippen LogP contribution in [0.25, 0.3) is 0 Å². The Morgan fingerprint density at radius 3 is 2.44 bits per heavy atom. The first-order valence-electron chi connectivity index (χ1n) is 12.8. The van der Waals surface area contributed by atoms with E-state index in [2.05, 4.69) is 11.6 Å². The second-order valence-corrected chi connectivity index (χ2v) is 8.99. The molecule has 0 bridgehead atoms. The van der Waals surface area contributed by atoms with Crippen molar-refractivity contribution in [2.45, 2.75) is 53.1 Å². The second-order valence-electron chi connectivity index (χ2n) is 8.56. The van der Waals surface area contributed by atoms with Crippen LogP contribution in [0.15, 0.2) is 108 Å². The van der Waals surface area contributed by atoms with Gasteiger partial charge >= 0.3 is 6.18 Å². The molecule has 224 valence electrons. The molecular weight excluding hydrogens is 555 g/mol. The number of halogens is 6. The molecule has 0 radical (unpaired) electrons. The van der Waals surface area contributed by atoms with E-state index in [1.54, 1.807) is 18.2 Å². The van der Waals surface area contributed by atoms with Gasteiger partial charge in [-0.05, 0) is 61.2 Å². The van der Waals surface area contributed by atoms with Crippen LogP contribution in [0.2, 0.25) is 5.02 Å². The normalized spacial score (nSPS) is 13.6. The number of hydrogen-bond acceptors (Lipinski definition) is 2. The van der Waals surface area contributed by atoms with Crippen molar-refractivity contribution in [3.63, 3.8) is 0 Å². The number of alkyl halides is 4. The van der Waals surface area contributed by atoms with Crippen LogP contribution >= 0.6 is 11.6 Å². The van der Waals surface area contributed by atoms with Crippen LogP contribution in [0.1, 0.15) is 63.8 Å². The number of nitrogens with two attached hydrogens (primary N) is 1. The van der Waals surface area contributed by atoms with Crippen molar-refractivity contribution in [2.75, 3.05) is 13.2 Å². The summed E-state index contributed by atoms with van der Waals surface area (Å²) in [6, 6.07) is 5.91. The quantitative estimate of drug-likeness (QED) is 0.244. The standard InChI is InChI=1S/C21H16ClF4N.C9H14FN.C2H6.CH4/c22-17-7-8-20(27-13-17)19(9-14-5-3-1-2-4-6-14)15-10-16(21(24,25)26)12-18(23)11-15;1-8(2)6-9(7-11)4-3-5-10;1-2;/h1-3,5-8,10-13,19H,4,9H2;3-4,6H,1,5,7,11H2,2H3;1-2H3;1H4/b;4-3-,9-6+;;. The van der Waals surface area contributed by atoms with Crippen LogP contribution in [-0.4, -0.2) is 18.2 Å². The lowest BCUT2D eigenvalue weighted by Crippen LogP contribution is -2.10. The second kappa shape index (κ2) is 19.7. The first-order valence-corrected chi connectivity index (χ1v) is 13.2. The Bertz CT molecular complexity index is 1220. The fourth-order valence-corrected chi connectivity index (χ4v) is 3.77. The molecule has 0 saturated heterocycles. The van der Waals surface area contributed by atoms with Crippen LogP contribution in [-0.2, 0) is 6.18 Å². The van der Waals surface area contributed by atoms with Crippen LogP contribution in [0.5, 0.6) is 0 Å². The van der Waals surface area contributed by atoms with E-state index in [0.717, 1.165) is 35.3 Å². The number of nitrogens with zero attached hydrogens (tertiary/aromatic N) is 1. The highest BCUT2D eigenvalue weighted by atomic mass is 35.5. The largest absolute Gasteiger partial charge is 0.416 e. The summed E-state index contributed by atoms with van der Waals surface area (Å²) in [5, 5.41) is 0.422. The molecule has 1 aromatic carbocycles. The molecule has 3 rings (SSSR count). The molecule has 8 heteroatoms. The van der Waals surface area contributed by atoms with E-state index in [4.69, 9.17) is 17.3 Å². The molecule has 2 N–H and O–H groups in total. The summed E-state index contributed by atoms with van der Waals surface area (Å²) in [4.78, 5) is 4.26. The van der Waals surface area contributed by atoms with Gasteiger partial charge in [-0.2, -0.15) is 13.2 Å². The van der Waals surface area contributed by atoms with E-state index in [9.17, 15) is 22.0 Å². The fraction of sp³-hybridized carbons (Fsp3) is 0.303. The van der Waals surface area contributed by atoms with Crippen LogP contribution in [0.4, 0.5) is 22.0 Å². The minimum absolute atomic E-state index is 0. The van der Waals surface area contributed by atoms with E-state index in [1.807, 2.05) is 57.2 Å². The van der Waals surface area contributed by atoms with Gasteiger partial charge in [0.2, 0.25) is 0 Å². The lowest BCUT2D eigenvalue weighted by molar-refractivity contribution is -0.137. The van der Waals surface area contributed by atoms with Gasteiger partial charge in [0.25, 0.3) is 0 Å². The summed E-state index contributed by atoms with van der Waals surface area (Å²) in [6.45, 7) is 9.53. The van der Waals surface area contributed by atoms with Crippen LogP contribution in [0.3, 0.4) is 0 Å². The van der Waals surface area contributed by atoms with Crippen molar-refractivity contribution in [1.82, 2.24) is 4.98 Å². The first-order chi connectivity index (χ1) is 19.0. The average molecular weight is 595 g/mol. The Kier molecular flexibility index (Phi) is 18.1. The summed E-state index contributed by atoms with van der Waals surface area (Å²) in [5.74, 6) is -1.46. The Morgan fingerprint density at radius 2 is 1.88 bits per heavy atom. The van der Waals surface area contributed by atoms with Gasteiger partial charge < -0.3 is 5.73 Å². The maximum absolute atomic E-state index is 14.0. The van der Waals surface area contributed by atoms with E-state index in [-0.39, 0.29) is 13.0 Å².